The van der Waals surface area contributed by atoms with E-state index in [4.69, 9.17) is 11.6 Å². The Labute approximate surface area is 136 Å². The number of carbonyl (C=O) groups is 3. The summed E-state index contributed by atoms with van der Waals surface area (Å²) in [5.41, 5.74) is -0.104. The van der Waals surface area contributed by atoms with Gasteiger partial charge in [0.2, 0.25) is 0 Å². The third-order valence-electron chi connectivity index (χ3n) is 2.77. The maximum absolute atomic E-state index is 13.5. The number of ether oxygens (including phenoxy) is 1. The monoisotopic (exact) mass is 335 g/mol. The molecule has 2 rings (SSSR count). The van der Waals surface area contributed by atoms with Crippen LogP contribution in [0.25, 0.3) is 0 Å². The minimum atomic E-state index is -1.05. The molecule has 2 amide bonds. The highest BCUT2D eigenvalue weighted by Crippen LogP contribution is 2.15. The van der Waals surface area contributed by atoms with Crippen LogP contribution < -0.4 is 5.32 Å². The predicted molar refractivity (Wildman–Crippen MR) is 80.6 cm³/mol. The first kappa shape index (κ1) is 16.6. The molecule has 23 heavy (non-hydrogen) atoms. The lowest BCUT2D eigenvalue weighted by atomic mass is 10.2. The smallest absolute Gasteiger partial charge is 0.341 e. The highest BCUT2D eigenvalue weighted by molar-refractivity contribution is 6.30. The molecule has 0 heterocycles. The summed E-state index contributed by atoms with van der Waals surface area (Å²) < 4.78 is 18.1. The number of rotatable bonds is 4. The normalized spacial score (nSPS) is 10.0. The molecule has 2 aromatic rings. The van der Waals surface area contributed by atoms with Gasteiger partial charge in [0.15, 0.2) is 6.61 Å². The number of hydrogen-bond acceptors (Lipinski definition) is 4. The lowest BCUT2D eigenvalue weighted by molar-refractivity contribution is -0.123. The number of carbonyl (C=O) groups excluding carboxylic acids is 3. The van der Waals surface area contributed by atoms with Crippen LogP contribution in [0.15, 0.2) is 48.5 Å². The van der Waals surface area contributed by atoms with Crippen molar-refractivity contribution in [3.05, 3.63) is 70.5 Å². The van der Waals surface area contributed by atoms with Gasteiger partial charge in [-0.25, -0.2) is 9.18 Å². The molecule has 0 fully saturated rings. The van der Waals surface area contributed by atoms with Crippen molar-refractivity contribution in [1.82, 2.24) is 5.32 Å². The molecular formula is C16H11ClFNO4. The van der Waals surface area contributed by atoms with E-state index < -0.39 is 30.2 Å². The van der Waals surface area contributed by atoms with Crippen LogP contribution in [-0.4, -0.2) is 24.4 Å². The number of esters is 1. The molecule has 0 unspecified atom stereocenters. The molecule has 0 bridgehead atoms. The van der Waals surface area contributed by atoms with Gasteiger partial charge in [0.05, 0.1) is 5.56 Å². The molecule has 0 aliphatic rings. The minimum Gasteiger partial charge on any atom is -0.452 e. The third-order valence-corrected chi connectivity index (χ3v) is 3.01. The predicted octanol–water partition coefficient (Wildman–Crippen LogP) is 2.59. The first-order valence-electron chi connectivity index (χ1n) is 6.49. The van der Waals surface area contributed by atoms with Crippen molar-refractivity contribution in [2.24, 2.45) is 0 Å². The van der Waals surface area contributed by atoms with Crippen molar-refractivity contribution >= 4 is 29.4 Å². The Balaban J connectivity index is 1.90. The Bertz CT molecular complexity index is 749. The van der Waals surface area contributed by atoms with Crippen molar-refractivity contribution in [2.75, 3.05) is 6.61 Å². The van der Waals surface area contributed by atoms with Crippen molar-refractivity contribution in [1.29, 1.82) is 0 Å². The topological polar surface area (TPSA) is 72.5 Å². The molecule has 118 valence electrons. The van der Waals surface area contributed by atoms with E-state index in [1.807, 2.05) is 0 Å². The van der Waals surface area contributed by atoms with Crippen LogP contribution in [0.1, 0.15) is 20.7 Å². The summed E-state index contributed by atoms with van der Waals surface area (Å²) in [7, 11) is 0. The summed E-state index contributed by atoms with van der Waals surface area (Å²) in [4.78, 5) is 35.0. The third kappa shape index (κ3) is 4.62. The Hall–Kier alpha value is -2.73. The van der Waals surface area contributed by atoms with Crippen molar-refractivity contribution < 1.29 is 23.5 Å². The van der Waals surface area contributed by atoms with Crippen LogP contribution in [0.3, 0.4) is 0 Å². The zero-order valence-corrected chi connectivity index (χ0v) is 12.5. The molecule has 0 saturated carbocycles. The molecule has 2 aromatic carbocycles. The highest BCUT2D eigenvalue weighted by atomic mass is 35.5. The molecule has 0 aliphatic heterocycles. The maximum atomic E-state index is 13.5. The van der Waals surface area contributed by atoms with Crippen LogP contribution in [0, 0.1) is 5.82 Å². The van der Waals surface area contributed by atoms with Crippen LogP contribution in [0.5, 0.6) is 0 Å². The average molecular weight is 336 g/mol. The van der Waals surface area contributed by atoms with E-state index in [2.05, 4.69) is 10.1 Å². The van der Waals surface area contributed by atoms with Gasteiger partial charge in [0, 0.05) is 10.6 Å². The van der Waals surface area contributed by atoms with Crippen LogP contribution >= 0.6 is 11.6 Å². The molecule has 0 aromatic heterocycles. The summed E-state index contributed by atoms with van der Waals surface area (Å²) in [6.45, 7) is -0.719. The zero-order chi connectivity index (χ0) is 16.8. The largest absolute Gasteiger partial charge is 0.452 e. The maximum Gasteiger partial charge on any atom is 0.341 e. The molecule has 0 saturated heterocycles. The summed E-state index contributed by atoms with van der Waals surface area (Å²) in [5.74, 6) is -3.32. The van der Waals surface area contributed by atoms with Crippen molar-refractivity contribution in [3.63, 3.8) is 0 Å². The molecule has 0 radical (unpaired) electrons. The van der Waals surface area contributed by atoms with E-state index in [9.17, 15) is 18.8 Å². The fraction of sp³-hybridized carbons (Fsp3) is 0.0625. The number of halogens is 2. The van der Waals surface area contributed by atoms with Gasteiger partial charge in [-0.05, 0) is 30.3 Å². The quantitative estimate of drug-likeness (QED) is 0.872. The Morgan fingerprint density at radius 1 is 1.09 bits per heavy atom. The highest BCUT2D eigenvalue weighted by Gasteiger charge is 2.16. The minimum absolute atomic E-state index is 0.155. The molecule has 1 N–H and O–H groups in total. The number of nitrogens with one attached hydrogen (secondary N) is 1. The number of amides is 2. The summed E-state index contributed by atoms with van der Waals surface area (Å²) in [6, 6.07) is 11.4. The van der Waals surface area contributed by atoms with Gasteiger partial charge in [-0.3, -0.25) is 14.9 Å². The number of hydrogen-bond donors (Lipinski definition) is 1. The van der Waals surface area contributed by atoms with Crippen LogP contribution in [-0.2, 0) is 9.53 Å². The summed E-state index contributed by atoms with van der Waals surface area (Å²) >= 11 is 5.66. The van der Waals surface area contributed by atoms with Gasteiger partial charge in [-0.15, -0.1) is 0 Å². The molecular weight excluding hydrogens is 325 g/mol. The Morgan fingerprint density at radius 2 is 1.78 bits per heavy atom. The van der Waals surface area contributed by atoms with Crippen molar-refractivity contribution in [3.8, 4) is 0 Å². The molecule has 7 heteroatoms. The lowest BCUT2D eigenvalue weighted by Crippen LogP contribution is -2.34. The van der Waals surface area contributed by atoms with Gasteiger partial charge in [0.25, 0.3) is 11.8 Å². The summed E-state index contributed by atoms with van der Waals surface area (Å²) in [5, 5.41) is 2.21. The van der Waals surface area contributed by atoms with Gasteiger partial charge < -0.3 is 4.74 Å². The van der Waals surface area contributed by atoms with E-state index in [1.54, 1.807) is 18.2 Å². The average Bonchev–Trinajstić information content (AvgIpc) is 2.55. The van der Waals surface area contributed by atoms with E-state index in [0.29, 0.717) is 0 Å². The molecule has 0 aliphatic carbocycles. The Kier molecular flexibility index (Phi) is 5.43. The first-order chi connectivity index (χ1) is 11.0. The van der Waals surface area contributed by atoms with E-state index in [-0.39, 0.29) is 16.1 Å². The second-order valence-electron chi connectivity index (χ2n) is 4.44. The number of benzene rings is 2. The molecule has 5 nitrogen and oxygen atoms in total. The molecule has 0 spiro atoms. The lowest BCUT2D eigenvalue weighted by Gasteiger charge is -2.06. The standard InChI is InChI=1S/C16H11ClFNO4/c17-11-6-7-13(18)12(8-11)16(22)23-9-14(20)19-15(21)10-4-2-1-3-5-10/h1-8H,9H2,(H,19,20,21). The van der Waals surface area contributed by atoms with Crippen molar-refractivity contribution in [2.45, 2.75) is 0 Å². The van der Waals surface area contributed by atoms with Gasteiger partial charge in [0.1, 0.15) is 5.82 Å². The SMILES string of the molecule is O=C(COC(=O)c1cc(Cl)ccc1F)NC(=O)c1ccccc1. The Morgan fingerprint density at radius 3 is 2.48 bits per heavy atom. The second kappa shape index (κ2) is 7.51. The van der Waals surface area contributed by atoms with Gasteiger partial charge >= 0.3 is 5.97 Å². The fourth-order valence-corrected chi connectivity index (χ4v) is 1.86. The zero-order valence-electron chi connectivity index (χ0n) is 11.7. The summed E-state index contributed by atoms with van der Waals surface area (Å²) in [6.07, 6.45) is 0. The van der Waals surface area contributed by atoms with E-state index >= 15 is 0 Å². The number of imide groups is 1. The van der Waals surface area contributed by atoms with Gasteiger partial charge in [-0.2, -0.15) is 0 Å². The van der Waals surface area contributed by atoms with Gasteiger partial charge in [-0.1, -0.05) is 29.8 Å². The second-order valence-corrected chi connectivity index (χ2v) is 4.88. The fourth-order valence-electron chi connectivity index (χ4n) is 1.69. The van der Waals surface area contributed by atoms with E-state index in [1.165, 1.54) is 18.2 Å². The first-order valence-corrected chi connectivity index (χ1v) is 6.86. The van der Waals surface area contributed by atoms with Crippen LogP contribution in [0.4, 0.5) is 4.39 Å². The molecule has 0 atom stereocenters. The van der Waals surface area contributed by atoms with E-state index in [0.717, 1.165) is 12.1 Å². The van der Waals surface area contributed by atoms with Crippen LogP contribution in [0.2, 0.25) is 5.02 Å².